The number of allylic oxidation sites excluding steroid dienone is 1. The predicted octanol–water partition coefficient (Wildman–Crippen LogP) is 1.01. The number of carbonyl (C=O) groups excluding carboxylic acids is 4. The summed E-state index contributed by atoms with van der Waals surface area (Å²) in [4.78, 5) is 61.0. The average molecular weight is 548 g/mol. The van der Waals surface area contributed by atoms with Crippen molar-refractivity contribution >= 4 is 57.7 Å². The zero-order valence-electron chi connectivity index (χ0n) is 20.3. The number of ether oxygens (including phenoxy) is 2. The van der Waals surface area contributed by atoms with Crippen LogP contribution in [0.15, 0.2) is 34.5 Å². The van der Waals surface area contributed by atoms with Crippen molar-refractivity contribution in [2.45, 2.75) is 32.2 Å². The minimum absolute atomic E-state index is 0.0282. The molecular formula is C23H25N5O7S2. The molecule has 2 aliphatic heterocycles. The summed E-state index contributed by atoms with van der Waals surface area (Å²) in [7, 11) is 0. The minimum Gasteiger partial charge on any atom is -0.427 e. The lowest BCUT2D eigenvalue weighted by Crippen LogP contribution is -2.71. The third-order valence-electron chi connectivity index (χ3n) is 5.00. The number of aromatic nitrogens is 1. The van der Waals surface area contributed by atoms with Crippen molar-refractivity contribution in [3.63, 3.8) is 0 Å². The van der Waals surface area contributed by atoms with Crippen LogP contribution < -0.4 is 11.1 Å². The van der Waals surface area contributed by atoms with E-state index in [9.17, 15) is 19.2 Å². The van der Waals surface area contributed by atoms with E-state index >= 15 is 0 Å². The highest BCUT2D eigenvalue weighted by molar-refractivity contribution is 8.00. The molecule has 2 amide bonds. The van der Waals surface area contributed by atoms with E-state index in [1.165, 1.54) is 28.1 Å². The number of thiazole rings is 1. The zero-order chi connectivity index (χ0) is 27.3. The summed E-state index contributed by atoms with van der Waals surface area (Å²) in [5.41, 5.74) is 5.27. The first-order valence-corrected chi connectivity index (χ1v) is 12.7. The van der Waals surface area contributed by atoms with Crippen molar-refractivity contribution in [3.8, 4) is 12.3 Å². The smallest absolute Gasteiger partial charge is 0.358 e. The third kappa shape index (κ3) is 6.12. The lowest BCUT2D eigenvalue weighted by Gasteiger charge is -2.49. The quantitative estimate of drug-likeness (QED) is 0.0868. The first-order chi connectivity index (χ1) is 17.5. The van der Waals surface area contributed by atoms with Crippen molar-refractivity contribution in [2.24, 2.45) is 10.6 Å². The number of hydrogen-bond acceptors (Lipinski definition) is 12. The van der Waals surface area contributed by atoms with Gasteiger partial charge in [-0.3, -0.25) is 19.3 Å². The second-order valence-electron chi connectivity index (χ2n) is 8.66. The van der Waals surface area contributed by atoms with E-state index in [0.717, 1.165) is 11.3 Å². The molecule has 1 aromatic heterocycles. The van der Waals surface area contributed by atoms with Crippen LogP contribution in [0.25, 0.3) is 0 Å². The fourth-order valence-electron chi connectivity index (χ4n) is 3.15. The molecule has 2 aliphatic rings. The van der Waals surface area contributed by atoms with Gasteiger partial charge in [-0.25, -0.2) is 9.78 Å². The highest BCUT2D eigenvalue weighted by atomic mass is 32.2. The van der Waals surface area contributed by atoms with E-state index in [1.54, 1.807) is 20.8 Å². The summed E-state index contributed by atoms with van der Waals surface area (Å²) in [6.07, 6.45) is 6.60. The van der Waals surface area contributed by atoms with Crippen LogP contribution in [0.5, 0.6) is 0 Å². The number of β-lactam (4-membered cyclic amide) rings is 1. The topological polar surface area (TPSA) is 163 Å². The molecule has 1 aromatic rings. The number of amides is 2. The highest BCUT2D eigenvalue weighted by Gasteiger charge is 2.54. The Balaban J connectivity index is 1.72. The molecule has 0 spiro atoms. The number of hydrogen-bond donors (Lipinski definition) is 2. The summed E-state index contributed by atoms with van der Waals surface area (Å²) in [6, 6.07) is -0.973. The van der Waals surface area contributed by atoms with Gasteiger partial charge in [0, 0.05) is 11.1 Å². The molecule has 3 rings (SSSR count). The maximum Gasteiger partial charge on any atom is 0.358 e. The number of nitrogen functional groups attached to an aromatic ring is 1. The molecule has 196 valence electrons. The number of nitrogens with zero attached hydrogens (tertiary/aromatic N) is 3. The first-order valence-electron chi connectivity index (χ1n) is 10.8. The summed E-state index contributed by atoms with van der Waals surface area (Å²) in [6.45, 7) is 7.88. The van der Waals surface area contributed by atoms with Gasteiger partial charge in [-0.15, -0.1) is 29.5 Å². The van der Waals surface area contributed by atoms with E-state index in [0.29, 0.717) is 11.3 Å². The lowest BCUT2D eigenvalue weighted by atomic mass is 9.98. The molecule has 0 bridgehead atoms. The van der Waals surface area contributed by atoms with Crippen LogP contribution in [-0.2, 0) is 33.5 Å². The molecule has 14 heteroatoms. The summed E-state index contributed by atoms with van der Waals surface area (Å²) in [5, 5.41) is 7.47. The zero-order valence-corrected chi connectivity index (χ0v) is 21.9. The van der Waals surface area contributed by atoms with Gasteiger partial charge in [0.05, 0.1) is 5.41 Å². The van der Waals surface area contributed by atoms with Gasteiger partial charge in [0.2, 0.25) is 6.79 Å². The standard InChI is InChI=1S/C23H25N5O7S2/c1-6-8-35-27-14(13-10-37-22(24)25-13)17(29)26-15-18(30)28-16(12(7-2)9-36-19(15)28)20(31)33-11-34-21(32)23(3,4)5/h1,7,10,15,19H,2,8-9,11H2,3-5H3,(H2,24,25)(H,26,29)/b27-14-/t15?,19-/m1/s1. The van der Waals surface area contributed by atoms with E-state index in [2.05, 4.69) is 28.0 Å². The van der Waals surface area contributed by atoms with Gasteiger partial charge in [-0.05, 0) is 26.3 Å². The lowest BCUT2D eigenvalue weighted by molar-refractivity contribution is -0.173. The van der Waals surface area contributed by atoms with Crippen molar-refractivity contribution < 1.29 is 33.5 Å². The number of fused-ring (bicyclic) bond motifs is 1. The Hall–Kier alpha value is -3.83. The second-order valence-corrected chi connectivity index (χ2v) is 10.7. The van der Waals surface area contributed by atoms with Crippen molar-refractivity contribution in [2.75, 3.05) is 24.9 Å². The number of carbonyl (C=O) groups is 4. The van der Waals surface area contributed by atoms with Crippen molar-refractivity contribution in [1.82, 2.24) is 15.2 Å². The van der Waals surface area contributed by atoms with Crippen LogP contribution >= 0.6 is 23.1 Å². The number of anilines is 1. The fourth-order valence-corrected chi connectivity index (χ4v) is 5.04. The number of terminal acetylenes is 1. The molecule has 1 fully saturated rings. The monoisotopic (exact) mass is 547 g/mol. The molecule has 1 unspecified atom stereocenters. The average Bonchev–Trinajstić information content (AvgIpc) is 3.28. The first kappa shape index (κ1) is 27.8. The Bertz CT molecular complexity index is 1220. The molecule has 12 nitrogen and oxygen atoms in total. The molecule has 2 atom stereocenters. The second kappa shape index (κ2) is 11.5. The van der Waals surface area contributed by atoms with Gasteiger partial charge in [-0.2, -0.15) is 0 Å². The van der Waals surface area contributed by atoms with E-state index in [-0.39, 0.29) is 28.8 Å². The minimum atomic E-state index is -0.973. The Morgan fingerprint density at radius 3 is 2.73 bits per heavy atom. The number of rotatable bonds is 9. The fraction of sp³-hybridized carbons (Fsp3) is 0.391. The normalized spacial score (nSPS) is 19.2. The number of thioether (sulfide) groups is 1. The molecule has 0 saturated carbocycles. The molecule has 0 radical (unpaired) electrons. The van der Waals surface area contributed by atoms with E-state index in [4.69, 9.17) is 26.5 Å². The molecule has 37 heavy (non-hydrogen) atoms. The van der Waals surface area contributed by atoms with Gasteiger partial charge >= 0.3 is 11.9 Å². The van der Waals surface area contributed by atoms with Crippen LogP contribution in [0.2, 0.25) is 0 Å². The van der Waals surface area contributed by atoms with Crippen LogP contribution in [0, 0.1) is 17.8 Å². The molecular weight excluding hydrogens is 522 g/mol. The van der Waals surface area contributed by atoms with E-state index < -0.39 is 47.4 Å². The Morgan fingerprint density at radius 2 is 2.14 bits per heavy atom. The van der Waals surface area contributed by atoms with Crippen molar-refractivity contribution in [3.05, 3.63) is 35.0 Å². The van der Waals surface area contributed by atoms with Crippen LogP contribution in [0.1, 0.15) is 26.5 Å². The van der Waals surface area contributed by atoms with Gasteiger partial charge in [0.1, 0.15) is 22.8 Å². The Morgan fingerprint density at radius 1 is 1.41 bits per heavy atom. The summed E-state index contributed by atoms with van der Waals surface area (Å²) >= 11 is 2.42. The summed E-state index contributed by atoms with van der Waals surface area (Å²) < 4.78 is 10.1. The molecule has 3 N–H and O–H groups in total. The molecule has 0 aliphatic carbocycles. The van der Waals surface area contributed by atoms with Gasteiger partial charge in [0.25, 0.3) is 11.8 Å². The van der Waals surface area contributed by atoms with Crippen LogP contribution in [-0.4, -0.2) is 69.9 Å². The molecule has 0 aromatic carbocycles. The number of esters is 2. The number of nitrogens with two attached hydrogens (primary N) is 1. The summed E-state index contributed by atoms with van der Waals surface area (Å²) in [5.74, 6) is -0.148. The van der Waals surface area contributed by atoms with Crippen molar-refractivity contribution in [1.29, 1.82) is 0 Å². The van der Waals surface area contributed by atoms with Gasteiger partial charge in [0.15, 0.2) is 17.5 Å². The Kier molecular flexibility index (Phi) is 8.61. The Labute approximate surface area is 221 Å². The third-order valence-corrected chi connectivity index (χ3v) is 6.98. The van der Waals surface area contributed by atoms with Crippen LogP contribution in [0.3, 0.4) is 0 Å². The van der Waals surface area contributed by atoms with Gasteiger partial charge < -0.3 is 25.4 Å². The molecule has 1 saturated heterocycles. The maximum absolute atomic E-state index is 13.0. The van der Waals surface area contributed by atoms with Crippen LogP contribution in [0.4, 0.5) is 5.13 Å². The largest absolute Gasteiger partial charge is 0.427 e. The predicted molar refractivity (Wildman–Crippen MR) is 137 cm³/mol. The van der Waals surface area contributed by atoms with Gasteiger partial charge in [-0.1, -0.05) is 23.7 Å². The van der Waals surface area contributed by atoms with E-state index in [1.807, 2.05) is 0 Å². The highest BCUT2D eigenvalue weighted by Crippen LogP contribution is 2.41. The SMILES string of the molecule is C#CCO/N=C(\C(=O)NC1C(=O)N2C(C(=O)OCOC(=O)C(C)(C)C)=C(C=C)CS[C@H]12)c1csc(N)n1. The molecule has 3 heterocycles. The number of nitrogens with one attached hydrogen (secondary N) is 1. The number of oxime groups is 1. The maximum atomic E-state index is 13.0.